The summed E-state index contributed by atoms with van der Waals surface area (Å²) in [7, 11) is 0. The van der Waals surface area contributed by atoms with Gasteiger partial charge in [-0.15, -0.1) is 0 Å². The van der Waals surface area contributed by atoms with Gasteiger partial charge >= 0.3 is 5.97 Å². The SMILES string of the molecule is CC(C)COCCNC(C)CCC(=O)O. The fourth-order valence-corrected chi connectivity index (χ4v) is 1.14. The van der Waals surface area contributed by atoms with Gasteiger partial charge < -0.3 is 15.2 Å². The number of hydrogen-bond acceptors (Lipinski definition) is 3. The van der Waals surface area contributed by atoms with Crippen molar-refractivity contribution in [2.24, 2.45) is 5.92 Å². The number of carbonyl (C=O) groups is 1. The van der Waals surface area contributed by atoms with Crippen molar-refractivity contribution in [3.8, 4) is 0 Å². The third-order valence-electron chi connectivity index (χ3n) is 1.98. The number of rotatable bonds is 9. The summed E-state index contributed by atoms with van der Waals surface area (Å²) in [5.41, 5.74) is 0. The molecule has 1 atom stereocenters. The molecule has 0 bridgehead atoms. The highest BCUT2D eigenvalue weighted by atomic mass is 16.5. The van der Waals surface area contributed by atoms with E-state index >= 15 is 0 Å². The van der Waals surface area contributed by atoms with Crippen LogP contribution in [0.3, 0.4) is 0 Å². The molecule has 2 N–H and O–H groups in total. The molecule has 0 fully saturated rings. The maximum atomic E-state index is 10.3. The van der Waals surface area contributed by atoms with Crippen LogP contribution in [0, 0.1) is 5.92 Å². The molecule has 0 aliphatic rings. The average Bonchev–Trinajstić information content (AvgIpc) is 2.13. The summed E-state index contributed by atoms with van der Waals surface area (Å²) >= 11 is 0. The fraction of sp³-hybridized carbons (Fsp3) is 0.909. The molecule has 0 aromatic heterocycles. The Hall–Kier alpha value is -0.610. The Labute approximate surface area is 92.0 Å². The fourth-order valence-electron chi connectivity index (χ4n) is 1.14. The van der Waals surface area contributed by atoms with Gasteiger partial charge in [0.15, 0.2) is 0 Å². The maximum Gasteiger partial charge on any atom is 0.303 e. The summed E-state index contributed by atoms with van der Waals surface area (Å²) in [6.45, 7) is 8.48. The topological polar surface area (TPSA) is 58.6 Å². The molecule has 90 valence electrons. The molecule has 1 unspecified atom stereocenters. The van der Waals surface area contributed by atoms with Crippen molar-refractivity contribution in [2.45, 2.75) is 39.7 Å². The lowest BCUT2D eigenvalue weighted by Gasteiger charge is -2.13. The molecular formula is C11H23NO3. The van der Waals surface area contributed by atoms with Crippen LogP contribution in [0.4, 0.5) is 0 Å². The Bertz CT molecular complexity index is 171. The van der Waals surface area contributed by atoms with E-state index in [1.54, 1.807) is 0 Å². The Morgan fingerprint density at radius 3 is 2.60 bits per heavy atom. The quantitative estimate of drug-likeness (QED) is 0.575. The number of ether oxygens (including phenoxy) is 1. The number of carboxylic acid groups (broad SMARTS) is 1. The third-order valence-corrected chi connectivity index (χ3v) is 1.98. The highest BCUT2D eigenvalue weighted by molar-refractivity contribution is 5.66. The van der Waals surface area contributed by atoms with Crippen molar-refractivity contribution in [1.29, 1.82) is 0 Å². The zero-order chi connectivity index (χ0) is 11.7. The summed E-state index contributed by atoms with van der Waals surface area (Å²) in [6.07, 6.45) is 0.889. The molecule has 0 amide bonds. The zero-order valence-corrected chi connectivity index (χ0v) is 9.95. The second-order valence-corrected chi connectivity index (χ2v) is 4.26. The number of hydrogen-bond donors (Lipinski definition) is 2. The summed E-state index contributed by atoms with van der Waals surface area (Å²) in [5.74, 6) is -0.172. The van der Waals surface area contributed by atoms with Gasteiger partial charge in [0.05, 0.1) is 6.61 Å². The minimum atomic E-state index is -0.736. The minimum absolute atomic E-state index is 0.223. The average molecular weight is 217 g/mol. The monoisotopic (exact) mass is 217 g/mol. The molecule has 4 nitrogen and oxygen atoms in total. The molecule has 0 aliphatic heterocycles. The summed E-state index contributed by atoms with van der Waals surface area (Å²) in [6, 6.07) is 0.240. The molecule has 15 heavy (non-hydrogen) atoms. The van der Waals surface area contributed by atoms with Crippen LogP contribution in [0.15, 0.2) is 0 Å². The Kier molecular flexibility index (Phi) is 8.33. The van der Waals surface area contributed by atoms with E-state index in [2.05, 4.69) is 19.2 Å². The highest BCUT2D eigenvalue weighted by Gasteiger charge is 2.04. The van der Waals surface area contributed by atoms with Crippen LogP contribution in [-0.4, -0.2) is 36.9 Å². The van der Waals surface area contributed by atoms with E-state index in [4.69, 9.17) is 9.84 Å². The molecule has 0 saturated heterocycles. The molecule has 0 spiro atoms. The van der Waals surface area contributed by atoms with Crippen LogP contribution in [0.25, 0.3) is 0 Å². The van der Waals surface area contributed by atoms with Crippen molar-refractivity contribution < 1.29 is 14.6 Å². The van der Waals surface area contributed by atoms with Crippen molar-refractivity contribution in [1.82, 2.24) is 5.32 Å². The Morgan fingerprint density at radius 2 is 2.07 bits per heavy atom. The molecule has 0 saturated carbocycles. The normalized spacial score (nSPS) is 13.1. The van der Waals surface area contributed by atoms with Crippen LogP contribution in [0.1, 0.15) is 33.6 Å². The minimum Gasteiger partial charge on any atom is -0.481 e. The van der Waals surface area contributed by atoms with Crippen molar-refractivity contribution in [2.75, 3.05) is 19.8 Å². The largest absolute Gasteiger partial charge is 0.481 e. The Balaban J connectivity index is 3.23. The Morgan fingerprint density at radius 1 is 1.40 bits per heavy atom. The first-order valence-electron chi connectivity index (χ1n) is 5.55. The highest BCUT2D eigenvalue weighted by Crippen LogP contribution is 1.96. The standard InChI is InChI=1S/C11H23NO3/c1-9(2)8-15-7-6-12-10(3)4-5-11(13)14/h9-10,12H,4-8H2,1-3H3,(H,13,14). The first-order chi connectivity index (χ1) is 7.02. The van der Waals surface area contributed by atoms with Crippen LogP contribution in [-0.2, 0) is 9.53 Å². The molecule has 0 radical (unpaired) electrons. The van der Waals surface area contributed by atoms with E-state index in [-0.39, 0.29) is 12.5 Å². The lowest BCUT2D eigenvalue weighted by molar-refractivity contribution is -0.137. The molecule has 4 heteroatoms. The van der Waals surface area contributed by atoms with Gasteiger partial charge in [-0.25, -0.2) is 0 Å². The zero-order valence-electron chi connectivity index (χ0n) is 9.95. The van der Waals surface area contributed by atoms with E-state index in [0.717, 1.165) is 13.2 Å². The summed E-state index contributed by atoms with van der Waals surface area (Å²) < 4.78 is 5.39. The van der Waals surface area contributed by atoms with Crippen LogP contribution >= 0.6 is 0 Å². The molecular weight excluding hydrogens is 194 g/mol. The maximum absolute atomic E-state index is 10.3. The number of aliphatic carboxylic acids is 1. The predicted molar refractivity (Wildman–Crippen MR) is 60.0 cm³/mol. The van der Waals surface area contributed by atoms with Crippen LogP contribution < -0.4 is 5.32 Å². The van der Waals surface area contributed by atoms with Gasteiger partial charge in [-0.05, 0) is 19.3 Å². The van der Waals surface area contributed by atoms with E-state index in [1.807, 2.05) is 6.92 Å². The van der Waals surface area contributed by atoms with Crippen LogP contribution in [0.5, 0.6) is 0 Å². The third kappa shape index (κ3) is 11.3. The summed E-state index contributed by atoms with van der Waals surface area (Å²) in [5, 5.41) is 11.7. The molecule has 0 aromatic carbocycles. The molecule has 0 aromatic rings. The van der Waals surface area contributed by atoms with Crippen molar-refractivity contribution in [3.63, 3.8) is 0 Å². The van der Waals surface area contributed by atoms with Gasteiger partial charge in [0.2, 0.25) is 0 Å². The van der Waals surface area contributed by atoms with Gasteiger partial charge in [0.25, 0.3) is 0 Å². The lowest BCUT2D eigenvalue weighted by Crippen LogP contribution is -2.30. The second-order valence-electron chi connectivity index (χ2n) is 4.26. The molecule has 0 heterocycles. The van der Waals surface area contributed by atoms with Gasteiger partial charge in [-0.3, -0.25) is 4.79 Å². The van der Waals surface area contributed by atoms with E-state index in [0.29, 0.717) is 18.9 Å². The second kappa shape index (κ2) is 8.68. The molecule has 0 rings (SSSR count). The first-order valence-corrected chi connectivity index (χ1v) is 5.55. The smallest absolute Gasteiger partial charge is 0.303 e. The summed E-state index contributed by atoms with van der Waals surface area (Å²) in [4.78, 5) is 10.3. The molecule has 0 aliphatic carbocycles. The number of nitrogens with one attached hydrogen (secondary N) is 1. The van der Waals surface area contributed by atoms with Crippen molar-refractivity contribution in [3.05, 3.63) is 0 Å². The van der Waals surface area contributed by atoms with E-state index < -0.39 is 5.97 Å². The van der Waals surface area contributed by atoms with Crippen molar-refractivity contribution >= 4 is 5.97 Å². The van der Waals surface area contributed by atoms with E-state index in [9.17, 15) is 4.79 Å². The first kappa shape index (κ1) is 14.4. The van der Waals surface area contributed by atoms with Crippen LogP contribution in [0.2, 0.25) is 0 Å². The lowest BCUT2D eigenvalue weighted by atomic mass is 10.2. The predicted octanol–water partition coefficient (Wildman–Crippen LogP) is 1.50. The van der Waals surface area contributed by atoms with Gasteiger partial charge in [-0.1, -0.05) is 13.8 Å². The van der Waals surface area contributed by atoms with E-state index in [1.165, 1.54) is 0 Å². The number of carboxylic acids is 1. The van der Waals surface area contributed by atoms with Gasteiger partial charge in [-0.2, -0.15) is 0 Å². The van der Waals surface area contributed by atoms with Gasteiger partial charge in [0, 0.05) is 25.6 Å². The van der Waals surface area contributed by atoms with Gasteiger partial charge in [0.1, 0.15) is 0 Å².